The van der Waals surface area contributed by atoms with Gasteiger partial charge in [0.15, 0.2) is 11.6 Å². The summed E-state index contributed by atoms with van der Waals surface area (Å²) in [6, 6.07) is 14.3. The van der Waals surface area contributed by atoms with E-state index in [9.17, 15) is 13.2 Å². The first-order chi connectivity index (χ1) is 15.3. The summed E-state index contributed by atoms with van der Waals surface area (Å²) in [5, 5.41) is 2.94. The maximum Gasteiger partial charge on any atom is 0.321 e. The van der Waals surface area contributed by atoms with Crippen LogP contribution in [-0.2, 0) is 10.0 Å². The third-order valence-electron chi connectivity index (χ3n) is 4.09. The Hall–Kier alpha value is -3.44. The molecule has 0 unspecified atom stereocenters. The van der Waals surface area contributed by atoms with Crippen molar-refractivity contribution in [2.75, 3.05) is 24.3 Å². The van der Waals surface area contributed by atoms with Crippen LogP contribution in [0.4, 0.5) is 11.5 Å². The number of benzene rings is 2. The highest BCUT2D eigenvalue weighted by atomic mass is 79.9. The fourth-order valence-electron chi connectivity index (χ4n) is 2.50. The van der Waals surface area contributed by atoms with Crippen molar-refractivity contribution in [3.63, 3.8) is 0 Å². The zero-order chi connectivity index (χ0) is 23.1. The summed E-state index contributed by atoms with van der Waals surface area (Å²) in [5.41, 5.74) is 1.16. The Kier molecular flexibility index (Phi) is 7.44. The summed E-state index contributed by atoms with van der Waals surface area (Å²) >= 11 is 3.32. The summed E-state index contributed by atoms with van der Waals surface area (Å²) in [6.45, 7) is 0. The number of methoxy groups -OCH3 is 2. The minimum atomic E-state index is -3.91. The Bertz CT molecular complexity index is 1210. The predicted molar refractivity (Wildman–Crippen MR) is 124 cm³/mol. The fraction of sp³-hybridized carbons (Fsp3) is 0.0952. The fourth-order valence-corrected chi connectivity index (χ4v) is 3.76. The molecule has 2 N–H and O–H groups in total. The number of halogens is 1. The van der Waals surface area contributed by atoms with Gasteiger partial charge in [0.25, 0.3) is 10.0 Å². The summed E-state index contributed by atoms with van der Waals surface area (Å²) < 4.78 is 38.5. The van der Waals surface area contributed by atoms with Gasteiger partial charge in [-0.3, -0.25) is 9.52 Å². The molecule has 0 saturated carbocycles. The highest BCUT2D eigenvalue weighted by Crippen LogP contribution is 2.21. The Morgan fingerprint density at radius 1 is 1.00 bits per heavy atom. The summed E-state index contributed by atoms with van der Waals surface area (Å²) in [4.78, 5) is 20.0. The molecule has 3 rings (SSSR count). The number of carbonyl (C=O) groups is 1. The van der Waals surface area contributed by atoms with Crippen LogP contribution in [0.25, 0.3) is 0 Å². The van der Waals surface area contributed by atoms with Gasteiger partial charge in [-0.2, -0.15) is 9.97 Å². The molecule has 9 nitrogen and oxygen atoms in total. The van der Waals surface area contributed by atoms with Gasteiger partial charge in [-0.1, -0.05) is 15.9 Å². The molecule has 0 atom stereocenters. The van der Waals surface area contributed by atoms with Crippen molar-refractivity contribution in [1.29, 1.82) is 0 Å². The van der Waals surface area contributed by atoms with E-state index in [-0.39, 0.29) is 28.4 Å². The molecular formula is C21H19BrN4O5S. The van der Waals surface area contributed by atoms with E-state index in [1.54, 1.807) is 36.4 Å². The Balaban J connectivity index is 1.66. The minimum Gasteiger partial charge on any atom is -0.481 e. The van der Waals surface area contributed by atoms with Crippen molar-refractivity contribution >= 4 is 43.2 Å². The molecule has 0 bridgehead atoms. The number of nitrogens with one attached hydrogen (secondary N) is 2. The number of anilines is 2. The molecule has 11 heteroatoms. The molecule has 3 aromatic rings. The van der Waals surface area contributed by atoms with Gasteiger partial charge in [0.1, 0.15) is 0 Å². The highest BCUT2D eigenvalue weighted by Gasteiger charge is 2.16. The number of carbonyl (C=O) groups excluding carboxylic acids is 1. The molecule has 0 amide bonds. The van der Waals surface area contributed by atoms with Gasteiger partial charge < -0.3 is 14.8 Å². The standard InChI is InChI=1S/C21H19BrN4O5S/c1-30-20-13-19(24-21(25-20)31-2)26-32(28,29)17-9-7-16(8-10-17)23-12-11-18(27)14-3-5-15(22)6-4-14/h3-13,23H,1-2H3,(H,24,25,26). The third kappa shape index (κ3) is 6.05. The van der Waals surface area contributed by atoms with Crippen LogP contribution >= 0.6 is 15.9 Å². The second kappa shape index (κ2) is 10.2. The number of hydrogen-bond donors (Lipinski definition) is 2. The molecule has 0 fully saturated rings. The number of nitrogens with zero attached hydrogens (tertiary/aromatic N) is 2. The van der Waals surface area contributed by atoms with E-state index in [2.05, 4.69) is 35.9 Å². The van der Waals surface area contributed by atoms with Gasteiger partial charge in [-0.15, -0.1) is 0 Å². The normalized spacial score (nSPS) is 11.2. The van der Waals surface area contributed by atoms with E-state index in [0.717, 1.165) is 4.47 Å². The second-order valence-corrected chi connectivity index (χ2v) is 8.86. The maximum absolute atomic E-state index is 12.7. The topological polar surface area (TPSA) is 120 Å². The number of ether oxygens (including phenoxy) is 2. The summed E-state index contributed by atoms with van der Waals surface area (Å²) in [5.74, 6) is -0.00652. The van der Waals surface area contributed by atoms with E-state index < -0.39 is 10.0 Å². The van der Waals surface area contributed by atoms with Gasteiger partial charge >= 0.3 is 6.01 Å². The van der Waals surface area contributed by atoms with Crippen molar-refractivity contribution < 1.29 is 22.7 Å². The largest absolute Gasteiger partial charge is 0.481 e. The SMILES string of the molecule is COc1cc(NS(=O)(=O)c2ccc(NC=CC(=O)c3ccc(Br)cc3)cc2)nc(OC)n1. The van der Waals surface area contributed by atoms with E-state index in [1.807, 2.05) is 0 Å². The van der Waals surface area contributed by atoms with Crippen molar-refractivity contribution in [3.8, 4) is 11.9 Å². The van der Waals surface area contributed by atoms with Crippen LogP contribution in [0, 0.1) is 0 Å². The van der Waals surface area contributed by atoms with E-state index in [1.165, 1.54) is 44.7 Å². The van der Waals surface area contributed by atoms with E-state index in [0.29, 0.717) is 11.3 Å². The zero-order valence-corrected chi connectivity index (χ0v) is 19.5. The molecule has 1 aromatic heterocycles. The Morgan fingerprint density at radius 2 is 1.69 bits per heavy atom. The number of rotatable bonds is 9. The van der Waals surface area contributed by atoms with E-state index in [4.69, 9.17) is 9.47 Å². The molecule has 1 heterocycles. The van der Waals surface area contributed by atoms with Crippen molar-refractivity contribution in [1.82, 2.24) is 9.97 Å². The lowest BCUT2D eigenvalue weighted by molar-refractivity contribution is 0.104. The molecule has 0 saturated heterocycles. The molecule has 2 aromatic carbocycles. The molecule has 0 aliphatic rings. The minimum absolute atomic E-state index is 0.00490. The average molecular weight is 519 g/mol. The molecule has 0 spiro atoms. The molecule has 166 valence electrons. The van der Waals surface area contributed by atoms with Crippen molar-refractivity contribution in [3.05, 3.63) is 76.9 Å². The van der Waals surface area contributed by atoms with Gasteiger partial charge in [0, 0.05) is 34.1 Å². The number of hydrogen-bond acceptors (Lipinski definition) is 8. The molecule has 0 radical (unpaired) electrons. The van der Waals surface area contributed by atoms with Crippen molar-refractivity contribution in [2.24, 2.45) is 0 Å². The van der Waals surface area contributed by atoms with Gasteiger partial charge in [-0.25, -0.2) is 8.42 Å². The Labute approximate surface area is 193 Å². The van der Waals surface area contributed by atoms with Gasteiger partial charge in [-0.05, 0) is 48.5 Å². The van der Waals surface area contributed by atoms with Crippen LogP contribution < -0.4 is 19.5 Å². The lowest BCUT2D eigenvalue weighted by atomic mass is 10.1. The van der Waals surface area contributed by atoms with Crippen LogP contribution in [0.15, 0.2) is 76.2 Å². The van der Waals surface area contributed by atoms with Gasteiger partial charge in [0.05, 0.1) is 19.1 Å². The average Bonchev–Trinajstić information content (AvgIpc) is 2.79. The van der Waals surface area contributed by atoms with Crippen LogP contribution in [0.3, 0.4) is 0 Å². The van der Waals surface area contributed by atoms with Crippen LogP contribution in [0.5, 0.6) is 11.9 Å². The summed E-state index contributed by atoms with van der Waals surface area (Å²) in [6.07, 6.45) is 2.89. The van der Waals surface area contributed by atoms with Crippen molar-refractivity contribution in [2.45, 2.75) is 4.90 Å². The number of sulfonamides is 1. The third-order valence-corrected chi connectivity index (χ3v) is 5.99. The number of aromatic nitrogens is 2. The number of ketones is 1. The quantitative estimate of drug-likeness (QED) is 0.323. The molecule has 0 aliphatic heterocycles. The molecule has 0 aliphatic carbocycles. The monoisotopic (exact) mass is 518 g/mol. The van der Waals surface area contributed by atoms with Gasteiger partial charge in [0.2, 0.25) is 5.88 Å². The summed E-state index contributed by atoms with van der Waals surface area (Å²) in [7, 11) is -1.15. The lowest BCUT2D eigenvalue weighted by Crippen LogP contribution is -2.14. The van der Waals surface area contributed by atoms with Crippen LogP contribution in [-0.4, -0.2) is 38.4 Å². The second-order valence-electron chi connectivity index (χ2n) is 6.26. The smallest absolute Gasteiger partial charge is 0.321 e. The molecular weight excluding hydrogens is 500 g/mol. The molecule has 32 heavy (non-hydrogen) atoms. The van der Waals surface area contributed by atoms with Crippen LogP contribution in [0.2, 0.25) is 0 Å². The van der Waals surface area contributed by atoms with E-state index >= 15 is 0 Å². The zero-order valence-electron chi connectivity index (χ0n) is 17.1. The van der Waals surface area contributed by atoms with Crippen LogP contribution in [0.1, 0.15) is 10.4 Å². The lowest BCUT2D eigenvalue weighted by Gasteiger charge is -2.10. The number of allylic oxidation sites excluding steroid dienone is 1. The Morgan fingerprint density at radius 3 is 2.31 bits per heavy atom. The highest BCUT2D eigenvalue weighted by molar-refractivity contribution is 9.10. The first-order valence-electron chi connectivity index (χ1n) is 9.13. The maximum atomic E-state index is 12.7. The first-order valence-corrected chi connectivity index (χ1v) is 11.4. The first kappa shape index (κ1) is 23.2. The predicted octanol–water partition coefficient (Wildman–Crippen LogP) is 3.87.